The Morgan fingerprint density at radius 1 is 0.449 bits per heavy atom. The Hall–Kier alpha value is -5.57. The number of amidine groups is 4. The number of halogens is 2. The molecule has 0 spiro atoms. The maximum Gasteiger partial charge on any atom is 0.222 e. The molecule has 37 nitrogen and oxygen atoms in total. The highest BCUT2D eigenvalue weighted by Crippen LogP contribution is 2.47. The van der Waals surface area contributed by atoms with E-state index in [1.165, 1.54) is 26.0 Å². The van der Waals surface area contributed by atoms with Crippen LogP contribution >= 0.6 is 85.4 Å². The number of hydrogen-bond donors (Lipinski definition) is 15. The van der Waals surface area contributed by atoms with E-state index >= 15 is 0 Å². The summed E-state index contributed by atoms with van der Waals surface area (Å²) in [5, 5.41) is 106. The number of carbonyl (C=O) groups is 1. The fourth-order valence-electron chi connectivity index (χ4n) is 15.8. The fourth-order valence-corrected chi connectivity index (χ4v) is 22.4. The molecule has 24 atom stereocenters. The second kappa shape index (κ2) is 50.5. The lowest BCUT2D eigenvalue weighted by atomic mass is 10.0. The van der Waals surface area contributed by atoms with Crippen LogP contribution in [0.1, 0.15) is 62.8 Å². The molecule has 0 aromatic carbocycles. The molecule has 6 unspecified atom stereocenters. The predicted octanol–water partition coefficient (Wildman–Crippen LogP) is 6.08. The van der Waals surface area contributed by atoms with E-state index in [1.54, 1.807) is 81.5 Å². The number of aromatic nitrogens is 2. The number of ether oxygens (including phenoxy) is 10. The molecule has 0 radical (unpaired) electrons. The summed E-state index contributed by atoms with van der Waals surface area (Å²) in [6, 6.07) is 0. The first-order chi connectivity index (χ1) is 63.7. The van der Waals surface area contributed by atoms with Crippen LogP contribution in [0, 0.1) is 11.7 Å². The third-order valence-electron chi connectivity index (χ3n) is 23.7. The van der Waals surface area contributed by atoms with Crippen molar-refractivity contribution in [3.05, 3.63) is 153 Å². The quantitative estimate of drug-likeness (QED) is 0.0334. The summed E-state index contributed by atoms with van der Waals surface area (Å²) in [7, 11) is 7.90. The number of nitrogens with one attached hydrogen (secondary N) is 1. The lowest BCUT2D eigenvalue weighted by molar-refractivity contribution is -0.117. The van der Waals surface area contributed by atoms with Crippen molar-refractivity contribution in [2.75, 3.05) is 145 Å². The summed E-state index contributed by atoms with van der Waals surface area (Å²) in [6.07, 6.45) is 31.8. The van der Waals surface area contributed by atoms with E-state index < -0.39 is 170 Å². The normalized spacial score (nSPS) is 31.2. The zero-order chi connectivity index (χ0) is 104. The second-order valence-corrected chi connectivity index (χ2v) is 67.7. The molecule has 19 N–H and O–H groups in total. The van der Waals surface area contributed by atoms with Gasteiger partial charge in [-0.2, -0.15) is 0 Å². The first-order valence-corrected chi connectivity index (χ1v) is 65.1. The molecule has 12 heterocycles. The molecule has 0 aliphatic carbocycles. The predicted molar refractivity (Wildman–Crippen MR) is 580 cm³/mol. The minimum absolute atomic E-state index is 0.203. The Morgan fingerprint density at radius 3 is 1.12 bits per heavy atom. The molecule has 778 valence electrons. The lowest BCUT2D eigenvalue weighted by Crippen LogP contribution is -2.43. The fraction of sp³-hybridized carbons (Fsp3) is 0.598. The molecular formula is C92H154Br2N16O21P6S. The lowest BCUT2D eigenvalue weighted by Gasteiger charge is -2.32. The first kappa shape index (κ1) is 119. The van der Waals surface area contributed by atoms with Crippen molar-refractivity contribution in [1.29, 1.82) is 0 Å². The van der Waals surface area contributed by atoms with Crippen LogP contribution < -0.4 is 28.3 Å². The molecule has 1 amide bonds. The number of aliphatic hydroxyl groups excluding tert-OH is 10. The average molecular weight is 2200 g/mol. The van der Waals surface area contributed by atoms with Crippen molar-refractivity contribution in [3.63, 3.8) is 0 Å². The Balaban J connectivity index is 0.000000226. The maximum absolute atomic E-state index is 11.1. The topological polar surface area (TPSA) is 511 Å². The Kier molecular flexibility index (Phi) is 43.7. The summed E-state index contributed by atoms with van der Waals surface area (Å²) in [5.74, 6) is 3.29. The Morgan fingerprint density at radius 2 is 0.761 bits per heavy atom. The highest BCUT2D eigenvalue weighted by molar-refractivity contribution is 9.12. The summed E-state index contributed by atoms with van der Waals surface area (Å²) in [6.45, 7) is 41.2. The van der Waals surface area contributed by atoms with Crippen LogP contribution in [0.2, 0.25) is 0 Å². The summed E-state index contributed by atoms with van der Waals surface area (Å²) in [5.41, 5.74) is 25.7. The number of nitrogens with zero attached hydrogens (tertiary/aromatic N) is 11. The van der Waals surface area contributed by atoms with Crippen LogP contribution in [0.3, 0.4) is 0 Å². The van der Waals surface area contributed by atoms with E-state index in [0.717, 1.165) is 61.1 Å². The zero-order valence-corrected chi connectivity index (χ0v) is 92.6. The van der Waals surface area contributed by atoms with Crippen molar-refractivity contribution in [1.82, 2.24) is 39.4 Å². The first-order valence-electron chi connectivity index (χ1n) is 44.8. The van der Waals surface area contributed by atoms with Crippen LogP contribution in [0.5, 0.6) is 0 Å². The minimum atomic E-state index is -1.23. The van der Waals surface area contributed by atoms with E-state index in [0.29, 0.717) is 97.3 Å². The van der Waals surface area contributed by atoms with E-state index in [2.05, 4.69) is 213 Å². The average Bonchev–Trinajstić information content (AvgIpc) is 1.64. The second-order valence-electron chi connectivity index (χ2n) is 39.7. The number of aryl methyl sites for hydroxylation is 2. The third-order valence-corrected chi connectivity index (χ3v) is 34.1. The minimum Gasteiger partial charge on any atom is -0.491 e. The van der Waals surface area contributed by atoms with Gasteiger partial charge < -0.3 is 156 Å². The van der Waals surface area contributed by atoms with E-state index in [4.69, 9.17) is 82.5 Å². The van der Waals surface area contributed by atoms with Gasteiger partial charge in [-0.25, -0.2) is 25.0 Å². The number of nitrogens with two attached hydrogens (primary N) is 4. The summed E-state index contributed by atoms with van der Waals surface area (Å²) < 4.78 is 60.5. The van der Waals surface area contributed by atoms with Gasteiger partial charge in [-0.05, 0) is 219 Å². The van der Waals surface area contributed by atoms with Crippen molar-refractivity contribution in [3.8, 4) is 0 Å². The van der Waals surface area contributed by atoms with Gasteiger partial charge in [0, 0.05) is 75.6 Å². The number of rotatable bonds is 28. The van der Waals surface area contributed by atoms with Gasteiger partial charge in [0.2, 0.25) is 5.91 Å². The standard InChI is InChI=1S/C17H28N3O4P.C16H28N3O4P.C15H24BrN2O3P.C15H26N3O4P.C15H25N2O3PS.C14H23BrN3O3P/c1-11-18-14(19-12(2)21)7-9-20(11)17-16(23-3)15(22)13(24-17)8-10-25(4,5)6;1-10-18-15(17)12(21-2)9-19(10)16-14(22-3)13(20)11(23-16)7-8-24(4,5)6;1-9-7-11(17)10(16)8-18(9)15-14(20)13(19)12(21-15)5-6-22(2,3)4;1-9-17-14(16)11(21-2)8-18(9)15-13(20)12(19)10(22-15)6-7-23(3,4)5;1-9-10(8-17(2)15(22)16-9)14-13(19)12(18)11(20-14)6-7-21(3,4)5;1-8-17-13(16)9(15)7-18(8)14-12(20)11(19)10(21-14)5-6-22(2,3)4/h7,9,13,15-17,22H,1,4,8,10H2,2-3,5-6H3,(H,18,19,21);9,11,13-14,16,20H,1,4,7-8H2,2-3,5-6H3,(H2,17,18);7-8,12-15,19-20H,1-2,5-6,17H2,3-4H3;8,10,12-13,15,19-20H,1,3,6-7H2,2,4-5H3,(H2,16,17);8,11-14,18-19H,3,6-7H2,1-2,4-5H3;7,10-12,14,19-20H,1-2,5-6H2,3-4H3,(H2,16,17)/t13?,15-,16-,17-;11?,13-,14-,16-;12?,13-,14-,15-;10?,12-,13-,15-;11?,12-,13-,14+;10?,11-,12-,14-/m111111/s1. The van der Waals surface area contributed by atoms with Gasteiger partial charge in [0.15, 0.2) is 59.1 Å². The van der Waals surface area contributed by atoms with Gasteiger partial charge >= 0.3 is 0 Å². The van der Waals surface area contributed by atoms with Gasteiger partial charge in [-0.15, -0.1) is 79.1 Å². The molecule has 138 heavy (non-hydrogen) atoms. The van der Waals surface area contributed by atoms with Crippen LogP contribution in [0.4, 0.5) is 0 Å². The molecule has 1 aromatic heterocycles. The molecular weight excluding hydrogens is 2040 g/mol. The van der Waals surface area contributed by atoms with Crippen molar-refractivity contribution in [2.24, 2.45) is 50.0 Å². The number of hydrogen-bond acceptors (Lipinski definition) is 36. The Labute approximate surface area is 837 Å². The molecule has 0 bridgehead atoms. The monoisotopic (exact) mass is 2190 g/mol. The van der Waals surface area contributed by atoms with Gasteiger partial charge in [-0.1, -0.05) is 32.9 Å². The molecule has 1 aromatic rings. The molecule has 11 aliphatic heterocycles. The maximum atomic E-state index is 11.1. The van der Waals surface area contributed by atoms with Gasteiger partial charge in [0.1, 0.15) is 114 Å². The Bertz CT molecular complexity index is 5150. The number of carbonyl (C=O) groups excluding carboxylic acids is 1. The number of amides is 1. The van der Waals surface area contributed by atoms with Crippen molar-refractivity contribution < 1.29 is 103 Å². The van der Waals surface area contributed by atoms with E-state index in [9.17, 15) is 55.9 Å². The van der Waals surface area contributed by atoms with Gasteiger partial charge in [0.05, 0.1) is 72.2 Å². The van der Waals surface area contributed by atoms with Crippen molar-refractivity contribution in [2.45, 2.75) is 199 Å². The number of aliphatic imine (C=N–C) groups is 4. The largest absolute Gasteiger partial charge is 0.491 e. The number of aliphatic hydroxyl groups is 10. The zero-order valence-electron chi connectivity index (χ0n) is 83.3. The smallest absolute Gasteiger partial charge is 0.222 e. The van der Waals surface area contributed by atoms with E-state index in [-0.39, 0.29) is 35.9 Å². The molecule has 12 rings (SSSR count). The SMILES string of the molecule is C=C1C=C(N)C(Br)=CN1[C@@H]1OC(CCP(=C)(C)C)[C@@H](O)[C@H]1O.C=C1N=C(N)C(Br)=CN1[C@@H]1OC(CCP(=C)(C)C)[C@@H](O)[C@H]1O.C=C1N=C(N)C(OC)=CN1[C@@H]1OC(CCP(=C)(C)C)[C@@H](O)[C@H]1O.C=C1N=C(N)C(OC)=CN1[C@@H]1OC(CCP(=C)(C)C)[C@@H](O)[C@H]1OC.C=C1N=C(NC(C)=O)C=CN1[C@@H]1OC(CCP(=C)(C)C)[C@@H](O)[C@H]1OC.C=P(C)(C)CCC1O[C@@H](c2cn(C)c(=S)nc2C)[C@H](O)[C@@H]1O. The van der Waals surface area contributed by atoms with Crippen molar-refractivity contribution >= 4 is 152 Å². The highest BCUT2D eigenvalue weighted by Gasteiger charge is 2.53. The summed E-state index contributed by atoms with van der Waals surface area (Å²) in [4.78, 5) is 40.3. The van der Waals surface area contributed by atoms with Crippen LogP contribution in [-0.4, -0.2) is 439 Å². The molecule has 11 aliphatic rings. The highest BCUT2D eigenvalue weighted by atomic mass is 79.9. The molecule has 0 saturated carbocycles. The number of allylic oxidation sites excluding steroid dienone is 2. The van der Waals surface area contributed by atoms with Gasteiger partial charge in [0.25, 0.3) is 0 Å². The number of methoxy groups -OCH3 is 4. The molecule has 6 saturated heterocycles. The molecule has 6 fully saturated rings. The van der Waals surface area contributed by atoms with Gasteiger partial charge in [-0.3, -0.25) is 4.79 Å². The molecule has 46 heteroatoms. The van der Waals surface area contributed by atoms with Crippen LogP contribution in [-0.2, 0) is 59.2 Å². The third kappa shape index (κ3) is 33.5. The van der Waals surface area contributed by atoms with E-state index in [1.807, 2.05) is 20.2 Å². The van der Waals surface area contributed by atoms with Crippen LogP contribution in [0.25, 0.3) is 0 Å². The summed E-state index contributed by atoms with van der Waals surface area (Å²) >= 11 is 11.8. The van der Waals surface area contributed by atoms with Crippen LogP contribution in [0.15, 0.2) is 157 Å².